The third kappa shape index (κ3) is 7.81. The van der Waals surface area contributed by atoms with E-state index in [1.807, 2.05) is 44.3 Å². The van der Waals surface area contributed by atoms with Crippen molar-refractivity contribution in [2.75, 3.05) is 27.2 Å². The van der Waals surface area contributed by atoms with E-state index in [0.717, 1.165) is 30.9 Å². The molecule has 0 aromatic heterocycles. The van der Waals surface area contributed by atoms with Crippen molar-refractivity contribution in [2.45, 2.75) is 26.3 Å². The van der Waals surface area contributed by atoms with E-state index in [2.05, 4.69) is 27.1 Å². The Morgan fingerprint density at radius 3 is 2.50 bits per heavy atom. The monoisotopic (exact) mass is 444 g/mol. The number of nitrogens with zero attached hydrogens (tertiary/aromatic N) is 2. The van der Waals surface area contributed by atoms with Crippen LogP contribution in [0.15, 0.2) is 41.9 Å². The van der Waals surface area contributed by atoms with Crippen molar-refractivity contribution in [3.63, 3.8) is 0 Å². The maximum absolute atomic E-state index is 11.7. The van der Waals surface area contributed by atoms with Gasteiger partial charge in [0.05, 0.1) is 0 Å². The second-order valence-electron chi connectivity index (χ2n) is 5.31. The zero-order chi connectivity index (χ0) is 17.1. The second-order valence-corrected chi connectivity index (χ2v) is 5.31. The van der Waals surface area contributed by atoms with Gasteiger partial charge in [-0.25, -0.2) is 0 Å². The number of rotatable bonds is 8. The predicted octanol–water partition coefficient (Wildman–Crippen LogP) is 3.03. The zero-order valence-electron chi connectivity index (χ0n) is 14.8. The average Bonchev–Trinajstić information content (AvgIpc) is 2.56. The van der Waals surface area contributed by atoms with Crippen LogP contribution in [-0.4, -0.2) is 44.0 Å². The smallest absolute Gasteiger partial charge is 0.251 e. The highest BCUT2D eigenvalue weighted by atomic mass is 127. The molecular formula is C18H29IN4O. The van der Waals surface area contributed by atoms with Crippen LogP contribution >= 0.6 is 24.0 Å². The minimum absolute atomic E-state index is 0. The highest BCUT2D eigenvalue weighted by Gasteiger charge is 2.06. The van der Waals surface area contributed by atoms with E-state index < -0.39 is 0 Å². The Morgan fingerprint density at radius 1 is 1.29 bits per heavy atom. The largest absolute Gasteiger partial charge is 0.352 e. The van der Waals surface area contributed by atoms with Gasteiger partial charge in [0.1, 0.15) is 0 Å². The van der Waals surface area contributed by atoms with E-state index in [1.165, 1.54) is 0 Å². The summed E-state index contributed by atoms with van der Waals surface area (Å²) in [6.45, 7) is 7.89. The number of halogens is 1. The van der Waals surface area contributed by atoms with Gasteiger partial charge >= 0.3 is 0 Å². The molecule has 1 rings (SSSR count). The number of allylic oxidation sites excluding steroid dienone is 1. The summed E-state index contributed by atoms with van der Waals surface area (Å²) >= 11 is 0. The van der Waals surface area contributed by atoms with E-state index >= 15 is 0 Å². The second kappa shape index (κ2) is 12.8. The van der Waals surface area contributed by atoms with Crippen LogP contribution in [0.2, 0.25) is 0 Å². The number of carbonyl (C=O) groups excluding carboxylic acids is 1. The summed E-state index contributed by atoms with van der Waals surface area (Å²) in [5.41, 5.74) is 1.79. The maximum atomic E-state index is 11.7. The molecular weight excluding hydrogens is 415 g/mol. The summed E-state index contributed by atoms with van der Waals surface area (Å²) in [6.07, 6.45) is 3.99. The fourth-order valence-corrected chi connectivity index (χ4v) is 2.18. The lowest BCUT2D eigenvalue weighted by molar-refractivity contribution is 0.0956. The van der Waals surface area contributed by atoms with Crippen molar-refractivity contribution < 1.29 is 4.79 Å². The average molecular weight is 444 g/mol. The van der Waals surface area contributed by atoms with Crippen LogP contribution in [0.4, 0.5) is 0 Å². The molecule has 6 heteroatoms. The van der Waals surface area contributed by atoms with Crippen LogP contribution in [0.1, 0.15) is 35.7 Å². The van der Waals surface area contributed by atoms with E-state index in [-0.39, 0.29) is 29.9 Å². The molecule has 5 nitrogen and oxygen atoms in total. The van der Waals surface area contributed by atoms with Crippen molar-refractivity contribution in [3.8, 4) is 0 Å². The highest BCUT2D eigenvalue weighted by Crippen LogP contribution is 2.05. The van der Waals surface area contributed by atoms with E-state index in [9.17, 15) is 4.79 Å². The molecule has 2 N–H and O–H groups in total. The first-order chi connectivity index (χ1) is 11.1. The lowest BCUT2D eigenvalue weighted by Gasteiger charge is -2.22. The number of hydrogen-bond acceptors (Lipinski definition) is 2. The number of hydrogen-bond donors (Lipinski definition) is 2. The minimum Gasteiger partial charge on any atom is -0.352 e. The molecule has 134 valence electrons. The SMILES string of the molecule is C=CCCCN(C)C(=NC)NCc1ccc(C(=O)NCC)cc1.I. The van der Waals surface area contributed by atoms with Gasteiger partial charge in [-0.05, 0) is 37.5 Å². The lowest BCUT2D eigenvalue weighted by atomic mass is 10.1. The Bertz CT molecular complexity index is 528. The Morgan fingerprint density at radius 2 is 1.96 bits per heavy atom. The molecule has 0 fully saturated rings. The Balaban J connectivity index is 0.00000529. The number of amides is 1. The molecule has 0 unspecified atom stereocenters. The summed E-state index contributed by atoms with van der Waals surface area (Å²) in [5.74, 6) is 0.826. The third-order valence-electron chi connectivity index (χ3n) is 3.48. The van der Waals surface area contributed by atoms with Crippen LogP contribution in [-0.2, 0) is 6.54 Å². The van der Waals surface area contributed by atoms with E-state index in [1.54, 1.807) is 7.05 Å². The van der Waals surface area contributed by atoms with Gasteiger partial charge in [0.15, 0.2) is 5.96 Å². The number of guanidine groups is 1. The summed E-state index contributed by atoms with van der Waals surface area (Å²) in [7, 11) is 3.81. The molecule has 1 amide bonds. The molecule has 0 saturated carbocycles. The minimum atomic E-state index is -0.0372. The zero-order valence-corrected chi connectivity index (χ0v) is 17.2. The summed E-state index contributed by atoms with van der Waals surface area (Å²) < 4.78 is 0. The van der Waals surface area contributed by atoms with Crippen molar-refractivity contribution in [2.24, 2.45) is 4.99 Å². The number of aliphatic imine (C=N–C) groups is 1. The van der Waals surface area contributed by atoms with E-state index in [4.69, 9.17) is 0 Å². The van der Waals surface area contributed by atoms with Gasteiger partial charge in [-0.1, -0.05) is 18.2 Å². The van der Waals surface area contributed by atoms with Gasteiger partial charge in [-0.2, -0.15) is 0 Å². The van der Waals surface area contributed by atoms with Crippen LogP contribution in [0, 0.1) is 0 Å². The molecule has 0 saturated heterocycles. The van der Waals surface area contributed by atoms with Gasteiger partial charge < -0.3 is 15.5 Å². The topological polar surface area (TPSA) is 56.7 Å². The van der Waals surface area contributed by atoms with Crippen molar-refractivity contribution in [1.29, 1.82) is 0 Å². The Labute approximate surface area is 162 Å². The Hall–Kier alpha value is -1.57. The van der Waals surface area contributed by atoms with Crippen LogP contribution < -0.4 is 10.6 Å². The first-order valence-corrected chi connectivity index (χ1v) is 8.02. The molecule has 0 radical (unpaired) electrons. The van der Waals surface area contributed by atoms with Crippen molar-refractivity contribution in [3.05, 3.63) is 48.0 Å². The first-order valence-electron chi connectivity index (χ1n) is 8.02. The summed E-state index contributed by atoms with van der Waals surface area (Å²) in [5, 5.41) is 6.13. The number of benzene rings is 1. The molecule has 0 aliphatic carbocycles. The van der Waals surface area contributed by atoms with E-state index in [0.29, 0.717) is 18.7 Å². The van der Waals surface area contributed by atoms with Gasteiger partial charge in [-0.15, -0.1) is 30.6 Å². The molecule has 0 bridgehead atoms. The third-order valence-corrected chi connectivity index (χ3v) is 3.48. The molecule has 24 heavy (non-hydrogen) atoms. The summed E-state index contributed by atoms with van der Waals surface area (Å²) in [6, 6.07) is 7.61. The van der Waals surface area contributed by atoms with Crippen molar-refractivity contribution >= 4 is 35.8 Å². The molecule has 1 aromatic rings. The maximum Gasteiger partial charge on any atom is 0.251 e. The Kier molecular flexibility index (Phi) is 12.0. The van der Waals surface area contributed by atoms with Gasteiger partial charge in [0.25, 0.3) is 5.91 Å². The van der Waals surface area contributed by atoms with Crippen LogP contribution in [0.3, 0.4) is 0 Å². The van der Waals surface area contributed by atoms with Gasteiger partial charge in [0, 0.05) is 39.3 Å². The molecule has 0 spiro atoms. The number of carbonyl (C=O) groups is 1. The van der Waals surface area contributed by atoms with Crippen LogP contribution in [0.5, 0.6) is 0 Å². The number of unbranched alkanes of at least 4 members (excludes halogenated alkanes) is 1. The van der Waals surface area contributed by atoms with Gasteiger partial charge in [0.2, 0.25) is 0 Å². The quantitative estimate of drug-likeness (QED) is 0.213. The summed E-state index contributed by atoms with van der Waals surface area (Å²) in [4.78, 5) is 18.1. The fraction of sp³-hybridized carbons (Fsp3) is 0.444. The fourth-order valence-electron chi connectivity index (χ4n) is 2.18. The van der Waals surface area contributed by atoms with Crippen molar-refractivity contribution in [1.82, 2.24) is 15.5 Å². The van der Waals surface area contributed by atoms with Gasteiger partial charge in [-0.3, -0.25) is 9.79 Å². The molecule has 0 aliphatic heterocycles. The first kappa shape index (κ1) is 22.4. The molecule has 1 aromatic carbocycles. The highest BCUT2D eigenvalue weighted by molar-refractivity contribution is 14.0. The molecule has 0 atom stereocenters. The normalized spacial score (nSPS) is 10.5. The number of nitrogens with one attached hydrogen (secondary N) is 2. The predicted molar refractivity (Wildman–Crippen MR) is 112 cm³/mol. The lowest BCUT2D eigenvalue weighted by Crippen LogP contribution is -2.38. The molecule has 0 aliphatic rings. The molecule has 0 heterocycles. The standard InChI is InChI=1S/C18H28N4O.HI/c1-5-7-8-13-22(4)18(19-3)21-14-15-9-11-16(12-10-15)17(23)20-6-2;/h5,9-12H,1,6-8,13-14H2,2-4H3,(H,19,21)(H,20,23);1H. The van der Waals surface area contributed by atoms with Crippen LogP contribution in [0.25, 0.3) is 0 Å².